The van der Waals surface area contributed by atoms with Gasteiger partial charge < -0.3 is 20.1 Å². The van der Waals surface area contributed by atoms with Gasteiger partial charge in [-0.3, -0.25) is 9.59 Å². The second-order valence-corrected chi connectivity index (χ2v) is 12.1. The molecule has 3 N–H and O–H groups in total. The highest BCUT2D eigenvalue weighted by molar-refractivity contribution is 5.93. The van der Waals surface area contributed by atoms with Gasteiger partial charge in [-0.25, -0.2) is 4.79 Å². The summed E-state index contributed by atoms with van der Waals surface area (Å²) < 4.78 is 6.26. The first-order valence-electron chi connectivity index (χ1n) is 17.0. The minimum atomic E-state index is -2.32. The summed E-state index contributed by atoms with van der Waals surface area (Å²) in [6.45, 7) is 8.44. The van der Waals surface area contributed by atoms with Crippen LogP contribution in [0.5, 0.6) is 0 Å². The van der Waals surface area contributed by atoms with Crippen molar-refractivity contribution in [3.63, 3.8) is 0 Å². The van der Waals surface area contributed by atoms with Crippen molar-refractivity contribution in [2.45, 2.75) is 181 Å². The summed E-state index contributed by atoms with van der Waals surface area (Å²) in [5.41, 5.74) is -4.14. The number of rotatable bonds is 30. The molecule has 0 spiro atoms. The predicted molar refractivity (Wildman–Crippen MR) is 166 cm³/mol. The van der Waals surface area contributed by atoms with Gasteiger partial charge in [-0.15, -0.1) is 0 Å². The zero-order valence-corrected chi connectivity index (χ0v) is 27.0. The Kier molecular flexibility index (Phi) is 22.9. The number of ether oxygens (including phenoxy) is 1. The Hall–Kier alpha value is -1.63. The van der Waals surface area contributed by atoms with E-state index < -0.39 is 34.8 Å². The fourth-order valence-electron chi connectivity index (χ4n) is 6.31. The fourth-order valence-corrected chi connectivity index (χ4v) is 6.31. The lowest BCUT2D eigenvalue weighted by Crippen LogP contribution is -2.65. The highest BCUT2D eigenvalue weighted by Gasteiger charge is 2.67. The van der Waals surface area contributed by atoms with Crippen molar-refractivity contribution in [1.29, 1.82) is 0 Å². The molecule has 0 bridgehead atoms. The van der Waals surface area contributed by atoms with Crippen LogP contribution < -0.4 is 0 Å². The molecule has 0 aromatic rings. The molecule has 0 aromatic carbocycles. The van der Waals surface area contributed by atoms with Gasteiger partial charge in [0.2, 0.25) is 0 Å². The lowest BCUT2D eigenvalue weighted by atomic mass is 9.59. The Balaban J connectivity index is 6.50. The first-order valence-corrected chi connectivity index (χ1v) is 17.0. The van der Waals surface area contributed by atoms with Gasteiger partial charge in [0.1, 0.15) is 5.41 Å². The highest BCUT2D eigenvalue weighted by Crippen LogP contribution is 2.50. The number of hydrogen-bond acceptors (Lipinski definition) is 4. The van der Waals surface area contributed by atoms with Crippen molar-refractivity contribution in [1.82, 2.24) is 0 Å². The molecule has 7 heteroatoms. The molecule has 0 saturated heterocycles. The Morgan fingerprint density at radius 1 is 0.537 bits per heavy atom. The Labute approximate surface area is 251 Å². The van der Waals surface area contributed by atoms with E-state index in [-0.39, 0.29) is 25.9 Å². The summed E-state index contributed by atoms with van der Waals surface area (Å²) in [7, 11) is 0. The van der Waals surface area contributed by atoms with E-state index in [9.17, 15) is 29.7 Å². The molecule has 41 heavy (non-hydrogen) atoms. The van der Waals surface area contributed by atoms with Crippen LogP contribution in [0.4, 0.5) is 0 Å². The maximum absolute atomic E-state index is 13.4. The standard InChI is InChI=1S/C34H64O7/c1-5-9-13-17-18-19-20-23-27-33(31(37)38,26-22-15-11-7-3)34(32(39)40,41-28-24-16-12-8-4)29(30(35)36)25-21-14-10-6-2/h29H,5-28H2,1-4H3,(H,35,36)(H,37,38)(H,39,40). The maximum Gasteiger partial charge on any atom is 0.338 e. The van der Waals surface area contributed by atoms with Crippen LogP contribution in [0.25, 0.3) is 0 Å². The molecule has 242 valence electrons. The first kappa shape index (κ1) is 39.4. The molecule has 0 aromatic heterocycles. The summed E-state index contributed by atoms with van der Waals surface area (Å²) in [5, 5.41) is 32.3. The largest absolute Gasteiger partial charge is 0.481 e. The van der Waals surface area contributed by atoms with E-state index in [0.717, 1.165) is 83.5 Å². The summed E-state index contributed by atoms with van der Waals surface area (Å²) in [5.74, 6) is -5.37. The lowest BCUT2D eigenvalue weighted by Gasteiger charge is -2.48. The SMILES string of the molecule is CCCCCCCCCCC(CCCCCC)(C(=O)O)C(OCCCCCC)(C(=O)O)C(CCCCCC)C(=O)O. The van der Waals surface area contributed by atoms with Crippen LogP contribution >= 0.6 is 0 Å². The van der Waals surface area contributed by atoms with Crippen molar-refractivity contribution in [2.24, 2.45) is 11.3 Å². The quantitative estimate of drug-likeness (QED) is 0.0718. The molecule has 0 amide bonds. The molecular formula is C34H64O7. The number of carboxylic acid groups (broad SMARTS) is 3. The van der Waals surface area contributed by atoms with Gasteiger partial charge in [0.05, 0.1) is 5.92 Å². The van der Waals surface area contributed by atoms with Gasteiger partial charge in [0.15, 0.2) is 5.60 Å². The zero-order valence-electron chi connectivity index (χ0n) is 27.0. The number of hydrogen-bond donors (Lipinski definition) is 3. The van der Waals surface area contributed by atoms with Crippen LogP contribution in [0.1, 0.15) is 175 Å². The van der Waals surface area contributed by atoms with Crippen molar-refractivity contribution in [3.8, 4) is 0 Å². The van der Waals surface area contributed by atoms with Crippen LogP contribution in [-0.4, -0.2) is 45.4 Å². The molecular weight excluding hydrogens is 520 g/mol. The van der Waals surface area contributed by atoms with E-state index in [1.54, 1.807) is 0 Å². The van der Waals surface area contributed by atoms with Gasteiger partial charge in [-0.05, 0) is 25.7 Å². The number of carboxylic acids is 3. The van der Waals surface area contributed by atoms with Crippen molar-refractivity contribution >= 4 is 17.9 Å². The van der Waals surface area contributed by atoms with E-state index >= 15 is 0 Å². The second kappa shape index (κ2) is 23.9. The van der Waals surface area contributed by atoms with E-state index in [4.69, 9.17) is 4.74 Å². The number of aliphatic carboxylic acids is 3. The molecule has 0 saturated carbocycles. The highest BCUT2D eigenvalue weighted by atomic mass is 16.5. The predicted octanol–water partition coefficient (Wildman–Crippen LogP) is 9.65. The van der Waals surface area contributed by atoms with E-state index in [2.05, 4.69) is 27.7 Å². The molecule has 0 rings (SSSR count). The van der Waals surface area contributed by atoms with Crippen molar-refractivity contribution < 1.29 is 34.4 Å². The minimum Gasteiger partial charge on any atom is -0.481 e. The molecule has 0 aliphatic heterocycles. The normalized spacial score (nSPS) is 15.2. The van der Waals surface area contributed by atoms with E-state index in [1.165, 1.54) is 19.3 Å². The van der Waals surface area contributed by atoms with Crippen LogP contribution in [-0.2, 0) is 19.1 Å². The third kappa shape index (κ3) is 13.5. The molecule has 7 nitrogen and oxygen atoms in total. The Bertz CT molecular complexity index is 695. The topological polar surface area (TPSA) is 121 Å². The summed E-state index contributed by atoms with van der Waals surface area (Å²) >= 11 is 0. The fraction of sp³-hybridized carbons (Fsp3) is 0.912. The molecule has 0 radical (unpaired) electrons. The maximum atomic E-state index is 13.4. The Morgan fingerprint density at radius 3 is 1.34 bits per heavy atom. The van der Waals surface area contributed by atoms with Crippen molar-refractivity contribution in [2.75, 3.05) is 6.61 Å². The smallest absolute Gasteiger partial charge is 0.338 e. The van der Waals surface area contributed by atoms with Crippen LogP contribution in [0.2, 0.25) is 0 Å². The molecule has 0 aliphatic rings. The van der Waals surface area contributed by atoms with Gasteiger partial charge in [0, 0.05) is 6.61 Å². The van der Waals surface area contributed by atoms with Gasteiger partial charge >= 0.3 is 17.9 Å². The third-order valence-corrected chi connectivity index (χ3v) is 8.82. The molecule has 0 aliphatic carbocycles. The summed E-state index contributed by atoms with van der Waals surface area (Å²) in [6, 6.07) is 0. The van der Waals surface area contributed by atoms with Crippen LogP contribution in [0, 0.1) is 11.3 Å². The number of carbonyl (C=O) groups is 3. The first-order chi connectivity index (χ1) is 19.7. The van der Waals surface area contributed by atoms with Crippen molar-refractivity contribution in [3.05, 3.63) is 0 Å². The van der Waals surface area contributed by atoms with E-state index in [0.29, 0.717) is 25.7 Å². The monoisotopic (exact) mass is 584 g/mol. The van der Waals surface area contributed by atoms with Gasteiger partial charge in [-0.2, -0.15) is 0 Å². The number of unbranched alkanes of at least 4 members (excludes halogenated alkanes) is 16. The molecule has 3 unspecified atom stereocenters. The molecule has 0 fully saturated rings. The van der Waals surface area contributed by atoms with E-state index in [1.807, 2.05) is 0 Å². The average molecular weight is 585 g/mol. The van der Waals surface area contributed by atoms with Gasteiger partial charge in [0.25, 0.3) is 0 Å². The second-order valence-electron chi connectivity index (χ2n) is 12.1. The summed E-state index contributed by atoms with van der Waals surface area (Å²) in [4.78, 5) is 39.6. The zero-order chi connectivity index (χ0) is 31.0. The average Bonchev–Trinajstić information content (AvgIpc) is 2.93. The Morgan fingerprint density at radius 2 is 0.927 bits per heavy atom. The van der Waals surface area contributed by atoms with Crippen LogP contribution in [0.3, 0.4) is 0 Å². The minimum absolute atomic E-state index is 0.0481. The van der Waals surface area contributed by atoms with Gasteiger partial charge in [-0.1, -0.05) is 150 Å². The summed E-state index contributed by atoms with van der Waals surface area (Å²) in [6.07, 6.45) is 18.2. The molecule has 0 heterocycles. The van der Waals surface area contributed by atoms with Crippen LogP contribution in [0.15, 0.2) is 0 Å². The lowest BCUT2D eigenvalue weighted by molar-refractivity contribution is -0.221. The molecule has 3 atom stereocenters. The third-order valence-electron chi connectivity index (χ3n) is 8.82.